The number of hydrogen-bond acceptors (Lipinski definition) is 3. The number of benzene rings is 1. The molecule has 1 aromatic rings. The van der Waals surface area contributed by atoms with E-state index in [9.17, 15) is 13.2 Å². The van der Waals surface area contributed by atoms with Crippen molar-refractivity contribution in [2.45, 2.75) is 24.1 Å². The minimum absolute atomic E-state index is 0.0337. The van der Waals surface area contributed by atoms with E-state index in [0.717, 1.165) is 11.1 Å². The zero-order valence-electron chi connectivity index (χ0n) is 9.89. The van der Waals surface area contributed by atoms with Crippen LogP contribution in [0.1, 0.15) is 24.1 Å². The number of sulfone groups is 1. The first-order valence-corrected chi connectivity index (χ1v) is 7.87. The second-order valence-electron chi connectivity index (χ2n) is 4.43. The minimum atomic E-state index is -3.17. The van der Waals surface area contributed by atoms with Crippen LogP contribution in [0.15, 0.2) is 24.3 Å². The summed E-state index contributed by atoms with van der Waals surface area (Å²) < 4.78 is 23.6. The van der Waals surface area contributed by atoms with Gasteiger partial charge in [0.2, 0.25) is 5.91 Å². The van der Waals surface area contributed by atoms with Gasteiger partial charge in [-0.15, -0.1) is 11.6 Å². The van der Waals surface area contributed by atoms with Gasteiger partial charge < -0.3 is 5.32 Å². The number of amides is 1. The first-order chi connectivity index (χ1) is 8.39. The molecule has 0 aliphatic carbocycles. The van der Waals surface area contributed by atoms with Gasteiger partial charge in [-0.3, -0.25) is 4.79 Å². The highest BCUT2D eigenvalue weighted by Crippen LogP contribution is 2.28. The van der Waals surface area contributed by atoms with Crippen molar-refractivity contribution < 1.29 is 13.2 Å². The average molecular weight is 288 g/mol. The molecule has 2 atom stereocenters. The molecule has 1 N–H and O–H groups in total. The number of rotatable bonds is 2. The molecule has 0 spiro atoms. The Hall–Kier alpha value is -1.07. The monoisotopic (exact) mass is 287 g/mol. The van der Waals surface area contributed by atoms with Gasteiger partial charge in [-0.05, 0) is 18.1 Å². The number of fused-ring (bicyclic) bond motifs is 1. The smallest absolute Gasteiger partial charge is 0.238 e. The Balaban J connectivity index is 2.33. The minimum Gasteiger partial charge on any atom is -0.347 e. The molecule has 6 heteroatoms. The summed E-state index contributed by atoms with van der Waals surface area (Å²) in [5.41, 5.74) is 1.61. The molecule has 18 heavy (non-hydrogen) atoms. The van der Waals surface area contributed by atoms with E-state index in [2.05, 4.69) is 5.32 Å². The maximum atomic E-state index is 11.8. The van der Waals surface area contributed by atoms with E-state index in [4.69, 9.17) is 11.6 Å². The van der Waals surface area contributed by atoms with Crippen molar-refractivity contribution in [3.63, 3.8) is 0 Å². The van der Waals surface area contributed by atoms with E-state index in [1.807, 2.05) is 12.1 Å². The number of hydrogen-bond donors (Lipinski definition) is 1. The van der Waals surface area contributed by atoms with E-state index in [1.54, 1.807) is 19.1 Å². The van der Waals surface area contributed by atoms with E-state index in [0.29, 0.717) is 0 Å². The summed E-state index contributed by atoms with van der Waals surface area (Å²) in [5.74, 6) is -0.390. The summed E-state index contributed by atoms with van der Waals surface area (Å²) in [4.78, 5) is 11.6. The predicted octanol–water partition coefficient (Wildman–Crippen LogP) is 1.40. The molecule has 1 aromatic carbocycles. The second kappa shape index (κ2) is 4.90. The predicted molar refractivity (Wildman–Crippen MR) is 70.1 cm³/mol. The van der Waals surface area contributed by atoms with Crippen molar-refractivity contribution in [2.24, 2.45) is 0 Å². The lowest BCUT2D eigenvalue weighted by atomic mass is 10.0. The third kappa shape index (κ3) is 2.84. The largest absolute Gasteiger partial charge is 0.347 e. The zero-order chi connectivity index (χ0) is 13.3. The molecule has 0 saturated heterocycles. The second-order valence-corrected chi connectivity index (χ2v) is 7.19. The molecule has 0 bridgehead atoms. The molecule has 0 fully saturated rings. The molecule has 1 heterocycles. The fraction of sp³-hybridized carbons (Fsp3) is 0.417. The van der Waals surface area contributed by atoms with Gasteiger partial charge in [-0.1, -0.05) is 24.3 Å². The average Bonchev–Trinajstić information content (AvgIpc) is 2.27. The quantitative estimate of drug-likeness (QED) is 0.836. The maximum absolute atomic E-state index is 11.8. The summed E-state index contributed by atoms with van der Waals surface area (Å²) in [6, 6.07) is 6.74. The number of carbonyl (C=O) groups is 1. The topological polar surface area (TPSA) is 63.2 Å². The molecule has 0 aromatic heterocycles. The van der Waals surface area contributed by atoms with Crippen molar-refractivity contribution in [1.29, 1.82) is 0 Å². The van der Waals surface area contributed by atoms with Crippen molar-refractivity contribution >= 4 is 27.3 Å². The normalized spacial score (nSPS) is 22.9. The highest BCUT2D eigenvalue weighted by Gasteiger charge is 2.30. The van der Waals surface area contributed by atoms with Crippen molar-refractivity contribution in [2.75, 3.05) is 5.75 Å². The Kier molecular flexibility index (Phi) is 3.64. The summed E-state index contributed by atoms with van der Waals surface area (Å²) in [7, 11) is -3.17. The molecule has 4 nitrogen and oxygen atoms in total. The van der Waals surface area contributed by atoms with Crippen molar-refractivity contribution in [3.8, 4) is 0 Å². The molecule has 98 valence electrons. The van der Waals surface area contributed by atoms with Crippen LogP contribution in [0, 0.1) is 0 Å². The molecule has 1 amide bonds. The van der Waals surface area contributed by atoms with Gasteiger partial charge >= 0.3 is 0 Å². The fourth-order valence-corrected chi connectivity index (χ4v) is 3.74. The lowest BCUT2D eigenvalue weighted by Gasteiger charge is -2.26. The maximum Gasteiger partial charge on any atom is 0.238 e. The summed E-state index contributed by atoms with van der Waals surface area (Å²) in [6.07, 6.45) is 0. The molecule has 2 unspecified atom stereocenters. The highest BCUT2D eigenvalue weighted by atomic mass is 35.5. The van der Waals surface area contributed by atoms with E-state index in [1.165, 1.54) is 0 Å². The standard InChI is InChI=1S/C12H14ClNO3S/c1-8(13)12(15)14-11-7-18(16,17)6-9-4-2-3-5-10(9)11/h2-5,8,11H,6-7H2,1H3,(H,14,15). The SMILES string of the molecule is CC(Cl)C(=O)NC1CS(=O)(=O)Cc2ccccc21. The van der Waals surface area contributed by atoms with Gasteiger partial charge in [0, 0.05) is 0 Å². The van der Waals surface area contributed by atoms with Gasteiger partial charge in [0.25, 0.3) is 0 Å². The molecule has 0 saturated carbocycles. The summed E-state index contributed by atoms with van der Waals surface area (Å²) >= 11 is 5.68. The van der Waals surface area contributed by atoms with Crippen LogP contribution in [0.25, 0.3) is 0 Å². The molecular formula is C12H14ClNO3S. The molecule has 1 aliphatic rings. The van der Waals surface area contributed by atoms with Gasteiger partial charge in [-0.25, -0.2) is 8.42 Å². The van der Waals surface area contributed by atoms with Crippen LogP contribution in [0.4, 0.5) is 0 Å². The first-order valence-electron chi connectivity index (χ1n) is 5.62. The van der Waals surface area contributed by atoms with Crippen LogP contribution in [0.5, 0.6) is 0 Å². The van der Waals surface area contributed by atoms with Crippen LogP contribution >= 0.6 is 11.6 Å². The Morgan fingerprint density at radius 2 is 2.11 bits per heavy atom. The van der Waals surface area contributed by atoms with Crippen molar-refractivity contribution in [1.82, 2.24) is 5.32 Å². The first kappa shape index (κ1) is 13.4. The van der Waals surface area contributed by atoms with E-state index < -0.39 is 21.3 Å². The Morgan fingerprint density at radius 3 is 2.78 bits per heavy atom. The lowest BCUT2D eigenvalue weighted by molar-refractivity contribution is -0.121. The summed E-state index contributed by atoms with van der Waals surface area (Å²) in [5, 5.41) is 2.00. The molecule has 2 rings (SSSR count). The number of nitrogens with one attached hydrogen (secondary N) is 1. The van der Waals surface area contributed by atoms with Gasteiger partial charge in [0.1, 0.15) is 5.38 Å². The van der Waals surface area contributed by atoms with E-state index in [-0.39, 0.29) is 17.4 Å². The lowest BCUT2D eigenvalue weighted by Crippen LogP contribution is -2.39. The molecule has 0 radical (unpaired) electrons. The highest BCUT2D eigenvalue weighted by molar-refractivity contribution is 7.90. The number of carbonyl (C=O) groups excluding carboxylic acids is 1. The third-order valence-electron chi connectivity index (χ3n) is 2.90. The molecular weight excluding hydrogens is 274 g/mol. The van der Waals surface area contributed by atoms with Crippen molar-refractivity contribution in [3.05, 3.63) is 35.4 Å². The zero-order valence-corrected chi connectivity index (χ0v) is 11.5. The van der Waals surface area contributed by atoms with Gasteiger partial charge in [0.15, 0.2) is 9.84 Å². The van der Waals surface area contributed by atoms with Gasteiger partial charge in [-0.2, -0.15) is 0 Å². The number of alkyl halides is 1. The fourth-order valence-electron chi connectivity index (χ4n) is 2.05. The summed E-state index contributed by atoms with van der Waals surface area (Å²) in [6.45, 7) is 1.56. The van der Waals surface area contributed by atoms with Crippen LogP contribution < -0.4 is 5.32 Å². The Labute approximate surface area is 111 Å². The van der Waals surface area contributed by atoms with Crippen LogP contribution in [-0.2, 0) is 20.4 Å². The Bertz CT molecular complexity index is 568. The molecule has 1 aliphatic heterocycles. The third-order valence-corrected chi connectivity index (χ3v) is 4.69. The van der Waals surface area contributed by atoms with Gasteiger partial charge in [0.05, 0.1) is 17.5 Å². The van der Waals surface area contributed by atoms with Crippen LogP contribution in [0.3, 0.4) is 0 Å². The van der Waals surface area contributed by atoms with E-state index >= 15 is 0 Å². The Morgan fingerprint density at radius 1 is 1.44 bits per heavy atom. The van der Waals surface area contributed by atoms with Crippen LogP contribution in [-0.4, -0.2) is 25.5 Å². The van der Waals surface area contributed by atoms with Crippen LogP contribution in [0.2, 0.25) is 0 Å². The number of halogens is 1.